The van der Waals surface area contributed by atoms with Crippen LogP contribution in [0.1, 0.15) is 36.0 Å². The first-order valence-electron chi connectivity index (χ1n) is 6.74. The first-order valence-corrected chi connectivity index (χ1v) is 6.74. The molecule has 0 aromatic heterocycles. The number of halogens is 3. The van der Waals surface area contributed by atoms with E-state index in [9.17, 15) is 18.0 Å². The van der Waals surface area contributed by atoms with Gasteiger partial charge in [0.1, 0.15) is 0 Å². The van der Waals surface area contributed by atoms with Crippen molar-refractivity contribution in [2.75, 3.05) is 0 Å². The smallest absolute Gasteiger partial charge is 0.251 e. The molecular weight excluding hydrogens is 269 g/mol. The summed E-state index contributed by atoms with van der Waals surface area (Å²) in [6.07, 6.45) is 3.82. The Bertz CT molecular complexity index is 514. The number of rotatable bonds is 2. The van der Waals surface area contributed by atoms with E-state index in [2.05, 4.69) is 10.6 Å². The third-order valence-electron chi connectivity index (χ3n) is 4.05. The zero-order valence-electron chi connectivity index (χ0n) is 10.8. The molecule has 1 aromatic carbocycles. The lowest BCUT2D eigenvalue weighted by molar-refractivity contribution is 0.0923. The average molecular weight is 284 g/mol. The summed E-state index contributed by atoms with van der Waals surface area (Å²) in [6.45, 7) is 0. The van der Waals surface area contributed by atoms with Crippen LogP contribution < -0.4 is 10.6 Å². The van der Waals surface area contributed by atoms with Crippen molar-refractivity contribution in [2.24, 2.45) is 0 Å². The fourth-order valence-electron chi connectivity index (χ4n) is 3.13. The second-order valence-corrected chi connectivity index (χ2v) is 5.53. The molecule has 0 saturated carbocycles. The van der Waals surface area contributed by atoms with Gasteiger partial charge in [-0.1, -0.05) is 0 Å². The van der Waals surface area contributed by atoms with E-state index in [1.807, 2.05) is 0 Å². The van der Waals surface area contributed by atoms with Crippen molar-refractivity contribution in [3.05, 3.63) is 35.1 Å². The average Bonchev–Trinajstić information content (AvgIpc) is 2.74. The summed E-state index contributed by atoms with van der Waals surface area (Å²) in [6, 6.07) is 2.26. The molecule has 6 heteroatoms. The largest absolute Gasteiger partial charge is 0.349 e. The maximum absolute atomic E-state index is 13.1. The molecule has 2 saturated heterocycles. The topological polar surface area (TPSA) is 41.1 Å². The molecule has 3 rings (SSSR count). The summed E-state index contributed by atoms with van der Waals surface area (Å²) in [5.74, 6) is -4.81. The van der Waals surface area contributed by atoms with Gasteiger partial charge in [-0.25, -0.2) is 13.2 Å². The summed E-state index contributed by atoms with van der Waals surface area (Å²) in [5.41, 5.74) is -0.188. The van der Waals surface area contributed by atoms with E-state index < -0.39 is 23.4 Å². The highest BCUT2D eigenvalue weighted by atomic mass is 19.2. The maximum Gasteiger partial charge on any atom is 0.251 e. The first-order chi connectivity index (χ1) is 9.52. The Labute approximate surface area is 114 Å². The number of fused-ring (bicyclic) bond motifs is 2. The standard InChI is InChI=1S/C14H15F3N2O/c15-11-3-7(4-12(16)13(11)17)14(20)19-10-5-8-1-2-9(6-10)18-8/h3-4,8-10,18H,1-2,5-6H2,(H,19,20). The predicted molar refractivity (Wildman–Crippen MR) is 66.7 cm³/mol. The summed E-state index contributed by atoms with van der Waals surface area (Å²) >= 11 is 0. The molecular formula is C14H15F3N2O. The van der Waals surface area contributed by atoms with Crippen LogP contribution in [0.5, 0.6) is 0 Å². The van der Waals surface area contributed by atoms with Gasteiger partial charge in [-0.15, -0.1) is 0 Å². The summed E-state index contributed by atoms with van der Waals surface area (Å²) in [5, 5.41) is 6.21. The Morgan fingerprint density at radius 2 is 1.65 bits per heavy atom. The highest BCUT2D eigenvalue weighted by Gasteiger charge is 2.34. The molecule has 2 bridgehead atoms. The Hall–Kier alpha value is -1.56. The van der Waals surface area contributed by atoms with E-state index in [-0.39, 0.29) is 11.6 Å². The van der Waals surface area contributed by atoms with Gasteiger partial charge in [-0.3, -0.25) is 4.79 Å². The molecule has 1 amide bonds. The molecule has 3 nitrogen and oxygen atoms in total. The molecule has 1 aromatic rings. The minimum Gasteiger partial charge on any atom is -0.349 e. The van der Waals surface area contributed by atoms with Gasteiger partial charge < -0.3 is 10.6 Å². The first kappa shape index (κ1) is 13.4. The lowest BCUT2D eigenvalue weighted by Crippen LogP contribution is -2.48. The molecule has 2 aliphatic rings. The Kier molecular flexibility index (Phi) is 3.41. The number of carbonyl (C=O) groups excluding carboxylic acids is 1. The van der Waals surface area contributed by atoms with Crippen LogP contribution in [0.15, 0.2) is 12.1 Å². The predicted octanol–water partition coefficient (Wildman–Crippen LogP) is 2.12. The molecule has 108 valence electrons. The van der Waals surface area contributed by atoms with Crippen LogP contribution in [-0.4, -0.2) is 24.0 Å². The minimum absolute atomic E-state index is 0.00238. The van der Waals surface area contributed by atoms with Crippen molar-refractivity contribution in [3.8, 4) is 0 Å². The fourth-order valence-corrected chi connectivity index (χ4v) is 3.13. The van der Waals surface area contributed by atoms with Crippen LogP contribution >= 0.6 is 0 Å². The number of piperidine rings is 1. The van der Waals surface area contributed by atoms with Crippen LogP contribution in [0.2, 0.25) is 0 Å². The van der Waals surface area contributed by atoms with Crippen LogP contribution in [0, 0.1) is 17.5 Å². The van der Waals surface area contributed by atoms with Crippen molar-refractivity contribution in [1.82, 2.24) is 10.6 Å². The third-order valence-corrected chi connectivity index (χ3v) is 4.05. The van der Waals surface area contributed by atoms with E-state index in [1.54, 1.807) is 0 Å². The molecule has 2 unspecified atom stereocenters. The number of amides is 1. The van der Waals surface area contributed by atoms with Crippen LogP contribution in [0.3, 0.4) is 0 Å². The molecule has 2 fully saturated rings. The van der Waals surface area contributed by atoms with Crippen molar-refractivity contribution in [3.63, 3.8) is 0 Å². The van der Waals surface area contributed by atoms with Gasteiger partial charge >= 0.3 is 0 Å². The monoisotopic (exact) mass is 284 g/mol. The quantitative estimate of drug-likeness (QED) is 0.817. The van der Waals surface area contributed by atoms with Crippen molar-refractivity contribution >= 4 is 5.91 Å². The van der Waals surface area contributed by atoms with E-state index >= 15 is 0 Å². The molecule has 0 radical (unpaired) electrons. The molecule has 0 spiro atoms. The lowest BCUT2D eigenvalue weighted by Gasteiger charge is -2.29. The van der Waals surface area contributed by atoms with Gasteiger partial charge in [0.15, 0.2) is 17.5 Å². The number of nitrogens with one attached hydrogen (secondary N) is 2. The molecule has 2 N–H and O–H groups in total. The fraction of sp³-hybridized carbons (Fsp3) is 0.500. The highest BCUT2D eigenvalue weighted by Crippen LogP contribution is 2.27. The number of benzene rings is 1. The zero-order chi connectivity index (χ0) is 14.3. The Balaban J connectivity index is 1.70. The van der Waals surface area contributed by atoms with Gasteiger partial charge in [0.2, 0.25) is 0 Å². The lowest BCUT2D eigenvalue weighted by atomic mass is 9.99. The summed E-state index contributed by atoms with van der Waals surface area (Å²) in [4.78, 5) is 12.0. The number of hydrogen-bond donors (Lipinski definition) is 2. The van der Waals surface area contributed by atoms with Crippen molar-refractivity contribution in [1.29, 1.82) is 0 Å². The minimum atomic E-state index is -1.55. The molecule has 0 aliphatic carbocycles. The van der Waals surface area contributed by atoms with Crippen molar-refractivity contribution in [2.45, 2.75) is 43.8 Å². The highest BCUT2D eigenvalue weighted by molar-refractivity contribution is 5.94. The maximum atomic E-state index is 13.1. The summed E-state index contributed by atoms with van der Waals surface area (Å²) < 4.78 is 39.1. The van der Waals surface area contributed by atoms with Gasteiger partial charge in [-0.05, 0) is 37.8 Å². The van der Waals surface area contributed by atoms with E-state index in [0.29, 0.717) is 12.1 Å². The number of hydrogen-bond acceptors (Lipinski definition) is 2. The molecule has 20 heavy (non-hydrogen) atoms. The van der Waals surface area contributed by atoms with Crippen LogP contribution in [0.25, 0.3) is 0 Å². The normalized spacial score (nSPS) is 28.4. The second-order valence-electron chi connectivity index (χ2n) is 5.53. The number of carbonyl (C=O) groups is 1. The van der Waals surface area contributed by atoms with Crippen LogP contribution in [0.4, 0.5) is 13.2 Å². The zero-order valence-corrected chi connectivity index (χ0v) is 10.8. The second kappa shape index (κ2) is 5.09. The van der Waals surface area contributed by atoms with E-state index in [1.165, 1.54) is 0 Å². The Morgan fingerprint density at radius 3 is 2.20 bits per heavy atom. The molecule has 2 aliphatic heterocycles. The van der Waals surface area contributed by atoms with Crippen LogP contribution in [-0.2, 0) is 0 Å². The van der Waals surface area contributed by atoms with Crippen molar-refractivity contribution < 1.29 is 18.0 Å². The molecule has 2 heterocycles. The van der Waals surface area contributed by atoms with E-state index in [4.69, 9.17) is 0 Å². The molecule has 2 atom stereocenters. The third kappa shape index (κ3) is 2.52. The van der Waals surface area contributed by atoms with Gasteiger partial charge in [0.05, 0.1) is 0 Å². The SMILES string of the molecule is O=C(NC1CC2CCC(C1)N2)c1cc(F)c(F)c(F)c1. The van der Waals surface area contributed by atoms with E-state index in [0.717, 1.165) is 37.8 Å². The summed E-state index contributed by atoms with van der Waals surface area (Å²) in [7, 11) is 0. The van der Waals surface area contributed by atoms with Gasteiger partial charge in [-0.2, -0.15) is 0 Å². The Morgan fingerprint density at radius 1 is 1.10 bits per heavy atom. The van der Waals surface area contributed by atoms with Gasteiger partial charge in [0.25, 0.3) is 5.91 Å². The van der Waals surface area contributed by atoms with Gasteiger partial charge in [0, 0.05) is 23.7 Å².